The van der Waals surface area contributed by atoms with Crippen molar-refractivity contribution in [3.05, 3.63) is 124 Å². The zero-order valence-electron chi connectivity index (χ0n) is 22.0. The summed E-state index contributed by atoms with van der Waals surface area (Å²) in [6.45, 7) is 1.70. The van der Waals surface area contributed by atoms with E-state index in [1.54, 1.807) is 11.3 Å². The summed E-state index contributed by atoms with van der Waals surface area (Å²) < 4.78 is 26.1. The molecule has 0 saturated carbocycles. The van der Waals surface area contributed by atoms with Gasteiger partial charge in [0, 0.05) is 5.38 Å². The molecular weight excluding hydrogens is 522 g/mol. The van der Waals surface area contributed by atoms with E-state index in [2.05, 4.69) is 46.4 Å². The van der Waals surface area contributed by atoms with Crippen LogP contribution in [0.5, 0.6) is 0 Å². The molecule has 1 aliphatic heterocycles. The minimum Gasteiger partial charge on any atom is -0.383 e. The maximum atomic E-state index is 6.73. The highest BCUT2D eigenvalue weighted by molar-refractivity contribution is 7.11. The van der Waals surface area contributed by atoms with Crippen molar-refractivity contribution in [2.24, 2.45) is 0 Å². The van der Waals surface area contributed by atoms with E-state index in [4.69, 9.17) is 24.7 Å². The van der Waals surface area contributed by atoms with E-state index in [0.717, 1.165) is 32.5 Å². The molecule has 2 aromatic heterocycles. The molecule has 1 saturated heterocycles. The van der Waals surface area contributed by atoms with Crippen LogP contribution in [0.2, 0.25) is 0 Å². The van der Waals surface area contributed by atoms with Crippen LogP contribution >= 0.6 is 11.3 Å². The largest absolute Gasteiger partial charge is 0.383 e. The van der Waals surface area contributed by atoms with Crippen molar-refractivity contribution in [1.82, 2.24) is 9.97 Å². The molecule has 0 radical (unpaired) electrons. The quantitative estimate of drug-likeness (QED) is 0.211. The van der Waals surface area contributed by atoms with Crippen LogP contribution in [-0.4, -0.2) is 34.9 Å². The highest BCUT2D eigenvalue weighted by Crippen LogP contribution is 2.43. The molecule has 204 valence electrons. The SMILES string of the molecule is Nc1ncnc2c(C3OC(COCc4ccccc4)C(OCc4ccccc4)C3OCc3ccccc3)scc12. The third kappa shape index (κ3) is 6.06. The van der Waals surface area contributed by atoms with Gasteiger partial charge < -0.3 is 24.7 Å². The maximum Gasteiger partial charge on any atom is 0.135 e. The molecular formula is C32H31N3O4S. The van der Waals surface area contributed by atoms with Crippen molar-refractivity contribution >= 4 is 28.1 Å². The molecule has 2 N–H and O–H groups in total. The molecule has 0 bridgehead atoms. The summed E-state index contributed by atoms with van der Waals surface area (Å²) in [6, 6.07) is 30.4. The van der Waals surface area contributed by atoms with Crippen LogP contribution in [0.4, 0.5) is 5.82 Å². The Labute approximate surface area is 237 Å². The molecule has 0 spiro atoms. The van der Waals surface area contributed by atoms with Crippen molar-refractivity contribution in [2.45, 2.75) is 44.2 Å². The Morgan fingerprint density at radius 2 is 1.30 bits per heavy atom. The van der Waals surface area contributed by atoms with Gasteiger partial charge in [0.05, 0.1) is 42.2 Å². The van der Waals surface area contributed by atoms with Crippen molar-refractivity contribution < 1.29 is 18.9 Å². The van der Waals surface area contributed by atoms with Crippen LogP contribution in [-0.2, 0) is 38.8 Å². The first-order chi connectivity index (χ1) is 19.8. The van der Waals surface area contributed by atoms with Crippen LogP contribution in [0.3, 0.4) is 0 Å². The molecule has 0 amide bonds. The number of nitrogens with two attached hydrogens (primary N) is 1. The smallest absolute Gasteiger partial charge is 0.135 e. The van der Waals surface area contributed by atoms with E-state index >= 15 is 0 Å². The number of ether oxygens (including phenoxy) is 4. The summed E-state index contributed by atoms with van der Waals surface area (Å²) in [5, 5.41) is 2.80. The van der Waals surface area contributed by atoms with Crippen LogP contribution in [0.25, 0.3) is 10.9 Å². The Morgan fingerprint density at radius 1 is 0.725 bits per heavy atom. The minimum absolute atomic E-state index is 0.352. The number of thiophene rings is 1. The molecule has 1 fully saturated rings. The Morgan fingerprint density at radius 3 is 1.93 bits per heavy atom. The number of hydrogen-bond donors (Lipinski definition) is 1. The first-order valence-corrected chi connectivity index (χ1v) is 14.2. The molecule has 4 atom stereocenters. The van der Waals surface area contributed by atoms with Crippen molar-refractivity contribution in [3.8, 4) is 0 Å². The van der Waals surface area contributed by atoms with E-state index in [0.29, 0.717) is 32.2 Å². The summed E-state index contributed by atoms with van der Waals surface area (Å²) in [5.74, 6) is 0.451. The Hall–Kier alpha value is -3.66. The van der Waals surface area contributed by atoms with Crippen molar-refractivity contribution in [3.63, 3.8) is 0 Å². The molecule has 40 heavy (non-hydrogen) atoms. The highest BCUT2D eigenvalue weighted by atomic mass is 32.1. The van der Waals surface area contributed by atoms with Gasteiger partial charge in [-0.3, -0.25) is 0 Å². The number of rotatable bonds is 11. The number of nitrogen functional groups attached to an aromatic ring is 1. The monoisotopic (exact) mass is 553 g/mol. The molecule has 3 aromatic carbocycles. The standard InChI is InChI=1S/C32H31N3O4S/c33-32-25-20-40-31(27(25)34-21-35-32)30-29(38-18-24-14-8-3-9-15-24)28(37-17-23-12-6-2-7-13-23)26(39-30)19-36-16-22-10-4-1-5-11-22/h1-15,20-21,26,28-30H,16-19H2,(H2,33,34,35). The lowest BCUT2D eigenvalue weighted by Gasteiger charge is -2.25. The average Bonchev–Trinajstić information content (AvgIpc) is 3.58. The maximum absolute atomic E-state index is 6.73. The van der Waals surface area contributed by atoms with E-state index < -0.39 is 12.2 Å². The predicted octanol–water partition coefficient (Wildman–Crippen LogP) is 6.10. The second-order valence-electron chi connectivity index (χ2n) is 9.74. The third-order valence-electron chi connectivity index (χ3n) is 6.98. The highest BCUT2D eigenvalue weighted by Gasteiger charge is 2.48. The van der Waals surface area contributed by atoms with Gasteiger partial charge in [0.1, 0.15) is 36.6 Å². The summed E-state index contributed by atoms with van der Waals surface area (Å²) in [7, 11) is 0. The van der Waals surface area contributed by atoms with Gasteiger partial charge in [-0.2, -0.15) is 0 Å². The Balaban J connectivity index is 1.29. The van der Waals surface area contributed by atoms with Gasteiger partial charge in [-0.05, 0) is 16.7 Å². The van der Waals surface area contributed by atoms with Crippen LogP contribution < -0.4 is 5.73 Å². The van der Waals surface area contributed by atoms with Crippen molar-refractivity contribution in [1.29, 1.82) is 0 Å². The third-order valence-corrected chi connectivity index (χ3v) is 8.02. The molecule has 3 heterocycles. The fourth-order valence-electron chi connectivity index (χ4n) is 4.96. The van der Waals surface area contributed by atoms with Crippen LogP contribution in [0.1, 0.15) is 27.7 Å². The fourth-order valence-corrected chi connectivity index (χ4v) is 6.03. The summed E-state index contributed by atoms with van der Waals surface area (Å²) in [6.07, 6.45) is -0.0403. The lowest BCUT2D eigenvalue weighted by Crippen LogP contribution is -2.37. The van der Waals surface area contributed by atoms with Crippen LogP contribution in [0, 0.1) is 0 Å². The molecule has 4 unspecified atom stereocenters. The number of aromatic nitrogens is 2. The van der Waals surface area contributed by atoms with E-state index in [1.807, 2.05) is 60.0 Å². The molecule has 0 aliphatic carbocycles. The molecule has 5 aromatic rings. The Kier molecular flexibility index (Phi) is 8.42. The van der Waals surface area contributed by atoms with Gasteiger partial charge in [-0.1, -0.05) is 91.0 Å². The normalized spacial score (nSPS) is 20.7. The van der Waals surface area contributed by atoms with Crippen molar-refractivity contribution in [2.75, 3.05) is 12.3 Å². The summed E-state index contributed by atoms with van der Waals surface area (Å²) in [4.78, 5) is 9.66. The predicted molar refractivity (Wildman–Crippen MR) is 156 cm³/mol. The fraction of sp³-hybridized carbons (Fsp3) is 0.250. The van der Waals surface area contributed by atoms with Gasteiger partial charge in [0.15, 0.2) is 0 Å². The summed E-state index contributed by atoms with van der Waals surface area (Å²) >= 11 is 1.56. The topological polar surface area (TPSA) is 88.7 Å². The van der Waals surface area contributed by atoms with Gasteiger partial charge in [-0.15, -0.1) is 11.3 Å². The first kappa shape index (κ1) is 26.6. The molecule has 6 rings (SSSR count). The minimum atomic E-state index is -0.411. The van der Waals surface area contributed by atoms with E-state index in [-0.39, 0.29) is 12.2 Å². The lowest BCUT2D eigenvalue weighted by atomic mass is 10.0. The zero-order chi connectivity index (χ0) is 27.1. The average molecular weight is 554 g/mol. The molecule has 7 nitrogen and oxygen atoms in total. The van der Waals surface area contributed by atoms with Gasteiger partial charge in [0.2, 0.25) is 0 Å². The summed E-state index contributed by atoms with van der Waals surface area (Å²) in [5.41, 5.74) is 10.2. The van der Waals surface area contributed by atoms with Gasteiger partial charge in [-0.25, -0.2) is 9.97 Å². The van der Waals surface area contributed by atoms with Crippen LogP contribution in [0.15, 0.2) is 103 Å². The zero-order valence-corrected chi connectivity index (χ0v) is 22.8. The molecule has 8 heteroatoms. The number of nitrogens with zero attached hydrogens (tertiary/aromatic N) is 2. The molecule has 1 aliphatic rings. The Bertz CT molecular complexity index is 1500. The lowest BCUT2D eigenvalue weighted by molar-refractivity contribution is -0.0898. The van der Waals surface area contributed by atoms with Gasteiger partial charge >= 0.3 is 0 Å². The number of fused-ring (bicyclic) bond motifs is 1. The number of benzene rings is 3. The number of anilines is 1. The number of hydrogen-bond acceptors (Lipinski definition) is 8. The second-order valence-corrected chi connectivity index (χ2v) is 10.7. The van der Waals surface area contributed by atoms with E-state index in [1.165, 1.54) is 6.33 Å². The van der Waals surface area contributed by atoms with Gasteiger partial charge in [0.25, 0.3) is 0 Å². The first-order valence-electron chi connectivity index (χ1n) is 13.3. The second kappa shape index (κ2) is 12.7. The van der Waals surface area contributed by atoms with E-state index in [9.17, 15) is 0 Å².